The van der Waals surface area contributed by atoms with Gasteiger partial charge in [0.1, 0.15) is 23.0 Å². The van der Waals surface area contributed by atoms with Gasteiger partial charge in [-0.1, -0.05) is 42.5 Å². The predicted octanol–water partition coefficient (Wildman–Crippen LogP) is 7.62. The molecule has 0 bridgehead atoms. The molecule has 0 fully saturated rings. The third kappa shape index (κ3) is 4.28. The molecule has 0 aliphatic carbocycles. The van der Waals surface area contributed by atoms with Crippen molar-refractivity contribution in [3.8, 4) is 39.7 Å². The second-order valence-electron chi connectivity index (χ2n) is 9.74. The zero-order valence-corrected chi connectivity index (χ0v) is 20.0. The average Bonchev–Trinajstić information content (AvgIpc) is 3.47. The number of ether oxygens (including phenoxy) is 1. The number of H-pyrrole nitrogens is 2. The third-order valence-electron chi connectivity index (χ3n) is 5.90. The molecule has 0 aliphatic rings. The Hall–Kier alpha value is -4.38. The van der Waals surface area contributed by atoms with Crippen LogP contribution in [0.5, 0.6) is 5.75 Å². The summed E-state index contributed by atoms with van der Waals surface area (Å²) in [6, 6.07) is 30.9. The van der Waals surface area contributed by atoms with Crippen LogP contribution >= 0.6 is 0 Å². The van der Waals surface area contributed by atoms with Gasteiger partial charge in [0, 0.05) is 11.1 Å². The van der Waals surface area contributed by atoms with Gasteiger partial charge in [0.05, 0.1) is 22.1 Å². The maximum absolute atomic E-state index is 5.94. The minimum absolute atomic E-state index is 0.223. The lowest BCUT2D eigenvalue weighted by molar-refractivity contribution is 0.131. The predicted molar refractivity (Wildman–Crippen MR) is 142 cm³/mol. The first-order valence-electron chi connectivity index (χ1n) is 11.8. The van der Waals surface area contributed by atoms with Gasteiger partial charge in [0.15, 0.2) is 0 Å². The number of aromatic nitrogens is 4. The van der Waals surface area contributed by atoms with E-state index in [-0.39, 0.29) is 5.60 Å². The Morgan fingerprint density at radius 1 is 0.571 bits per heavy atom. The van der Waals surface area contributed by atoms with Gasteiger partial charge in [-0.05, 0) is 80.4 Å². The molecule has 0 radical (unpaired) electrons. The van der Waals surface area contributed by atoms with Gasteiger partial charge in [-0.15, -0.1) is 0 Å². The number of fused-ring (bicyclic) bond motifs is 2. The molecule has 0 saturated carbocycles. The molecule has 0 atom stereocenters. The van der Waals surface area contributed by atoms with E-state index < -0.39 is 0 Å². The Morgan fingerprint density at radius 2 is 1.06 bits per heavy atom. The minimum Gasteiger partial charge on any atom is -0.488 e. The van der Waals surface area contributed by atoms with Crippen molar-refractivity contribution in [3.05, 3.63) is 91.0 Å². The second-order valence-corrected chi connectivity index (χ2v) is 9.74. The third-order valence-corrected chi connectivity index (χ3v) is 5.90. The Labute approximate surface area is 203 Å². The van der Waals surface area contributed by atoms with E-state index >= 15 is 0 Å². The quantitative estimate of drug-likeness (QED) is 0.285. The number of nitrogens with zero attached hydrogens (tertiary/aromatic N) is 2. The first-order valence-corrected chi connectivity index (χ1v) is 11.8. The van der Waals surface area contributed by atoms with Crippen LogP contribution in [0.2, 0.25) is 0 Å². The highest BCUT2D eigenvalue weighted by Gasteiger charge is 2.13. The normalized spacial score (nSPS) is 11.9. The van der Waals surface area contributed by atoms with E-state index in [4.69, 9.17) is 14.7 Å². The highest BCUT2D eigenvalue weighted by molar-refractivity contribution is 5.88. The van der Waals surface area contributed by atoms with Gasteiger partial charge in [0.25, 0.3) is 0 Å². The van der Waals surface area contributed by atoms with Crippen molar-refractivity contribution in [1.29, 1.82) is 0 Å². The largest absolute Gasteiger partial charge is 0.488 e. The molecule has 0 spiro atoms. The van der Waals surface area contributed by atoms with Gasteiger partial charge in [-0.3, -0.25) is 0 Å². The van der Waals surface area contributed by atoms with Gasteiger partial charge in [-0.2, -0.15) is 0 Å². The summed E-state index contributed by atoms with van der Waals surface area (Å²) in [6.07, 6.45) is 0. The van der Waals surface area contributed by atoms with Crippen molar-refractivity contribution in [1.82, 2.24) is 19.9 Å². The van der Waals surface area contributed by atoms with E-state index in [2.05, 4.69) is 58.5 Å². The van der Waals surface area contributed by atoms with E-state index in [1.165, 1.54) is 0 Å². The lowest BCUT2D eigenvalue weighted by atomic mass is 10.0. The summed E-state index contributed by atoms with van der Waals surface area (Å²) in [5.41, 5.74) is 8.04. The number of benzene rings is 4. The van der Waals surface area contributed by atoms with E-state index in [0.717, 1.165) is 61.7 Å². The molecule has 5 nitrogen and oxygen atoms in total. The minimum atomic E-state index is -0.223. The fourth-order valence-electron chi connectivity index (χ4n) is 4.28. The van der Waals surface area contributed by atoms with Crippen LogP contribution in [-0.4, -0.2) is 25.5 Å². The Kier molecular flexibility index (Phi) is 4.92. The summed E-state index contributed by atoms with van der Waals surface area (Å²) in [6.45, 7) is 6.14. The van der Waals surface area contributed by atoms with Crippen LogP contribution in [0.3, 0.4) is 0 Å². The first kappa shape index (κ1) is 21.2. The monoisotopic (exact) mass is 458 g/mol. The Morgan fingerprint density at radius 3 is 1.57 bits per heavy atom. The molecule has 35 heavy (non-hydrogen) atoms. The summed E-state index contributed by atoms with van der Waals surface area (Å²) < 4.78 is 5.94. The zero-order chi connectivity index (χ0) is 24.0. The van der Waals surface area contributed by atoms with Gasteiger partial charge in [-0.25, -0.2) is 9.97 Å². The van der Waals surface area contributed by atoms with E-state index in [1.807, 2.05) is 63.2 Å². The van der Waals surface area contributed by atoms with Crippen LogP contribution in [0, 0.1) is 0 Å². The van der Waals surface area contributed by atoms with Crippen LogP contribution in [0.1, 0.15) is 20.8 Å². The van der Waals surface area contributed by atoms with Crippen molar-refractivity contribution < 1.29 is 4.74 Å². The number of imidazole rings is 2. The standard InChI is InChI=1S/C30H26N4O/c1-30(2,3)35-23-13-9-20(10-14-23)29-32-25-16-12-22(18-27(25)34-29)21-11-15-24-26(17-21)33-28(31-24)19-7-5-4-6-8-19/h4-18H,1-3H3,(H,31,33)(H,32,34). The van der Waals surface area contributed by atoms with Gasteiger partial charge >= 0.3 is 0 Å². The van der Waals surface area contributed by atoms with Gasteiger partial charge in [0.2, 0.25) is 0 Å². The molecule has 172 valence electrons. The van der Waals surface area contributed by atoms with Gasteiger partial charge < -0.3 is 14.7 Å². The summed E-state index contributed by atoms with van der Waals surface area (Å²) in [5.74, 6) is 2.57. The van der Waals surface area contributed by atoms with Crippen LogP contribution in [0.15, 0.2) is 91.0 Å². The number of rotatable bonds is 4. The average molecular weight is 459 g/mol. The molecule has 2 aromatic heterocycles. The van der Waals surface area contributed by atoms with E-state index in [9.17, 15) is 0 Å². The maximum Gasteiger partial charge on any atom is 0.138 e. The number of hydrogen-bond donors (Lipinski definition) is 2. The maximum atomic E-state index is 5.94. The molecular formula is C30H26N4O. The molecule has 0 saturated heterocycles. The lowest BCUT2D eigenvalue weighted by Crippen LogP contribution is -2.22. The molecule has 2 N–H and O–H groups in total. The molecule has 4 aromatic carbocycles. The molecular weight excluding hydrogens is 432 g/mol. The number of nitrogens with one attached hydrogen (secondary N) is 2. The first-order chi connectivity index (χ1) is 16.9. The lowest BCUT2D eigenvalue weighted by Gasteiger charge is -2.21. The van der Waals surface area contributed by atoms with E-state index in [0.29, 0.717) is 0 Å². The SMILES string of the molecule is CC(C)(C)Oc1ccc(-c2nc3ccc(-c4ccc5nc(-c6ccccc6)[nH]c5c4)cc3[nH]2)cc1. The highest BCUT2D eigenvalue weighted by atomic mass is 16.5. The summed E-state index contributed by atoms with van der Waals surface area (Å²) in [5, 5.41) is 0. The van der Waals surface area contributed by atoms with Crippen LogP contribution in [-0.2, 0) is 0 Å². The summed E-state index contributed by atoms with van der Waals surface area (Å²) >= 11 is 0. The Balaban J connectivity index is 1.31. The summed E-state index contributed by atoms with van der Waals surface area (Å²) in [7, 11) is 0. The molecule has 6 aromatic rings. The topological polar surface area (TPSA) is 66.6 Å². The van der Waals surface area contributed by atoms with Crippen molar-refractivity contribution >= 4 is 22.1 Å². The van der Waals surface area contributed by atoms with Crippen LogP contribution in [0.4, 0.5) is 0 Å². The smallest absolute Gasteiger partial charge is 0.138 e. The number of hydrogen-bond acceptors (Lipinski definition) is 3. The van der Waals surface area contributed by atoms with Crippen LogP contribution in [0.25, 0.3) is 56.0 Å². The Bertz CT molecular complexity index is 1640. The van der Waals surface area contributed by atoms with Crippen molar-refractivity contribution in [3.63, 3.8) is 0 Å². The van der Waals surface area contributed by atoms with Crippen molar-refractivity contribution in [2.24, 2.45) is 0 Å². The van der Waals surface area contributed by atoms with Crippen LogP contribution < -0.4 is 4.74 Å². The highest BCUT2D eigenvalue weighted by Crippen LogP contribution is 2.30. The molecule has 0 aliphatic heterocycles. The second kappa shape index (κ2) is 8.13. The molecule has 6 rings (SSSR count). The fraction of sp³-hybridized carbons (Fsp3) is 0.133. The van der Waals surface area contributed by atoms with Crippen molar-refractivity contribution in [2.75, 3.05) is 0 Å². The zero-order valence-electron chi connectivity index (χ0n) is 20.0. The molecule has 0 amide bonds. The van der Waals surface area contributed by atoms with E-state index in [1.54, 1.807) is 0 Å². The molecule has 2 heterocycles. The fourth-order valence-corrected chi connectivity index (χ4v) is 4.28. The molecule has 5 heteroatoms. The number of aromatic amines is 2. The summed E-state index contributed by atoms with van der Waals surface area (Å²) in [4.78, 5) is 16.5. The van der Waals surface area contributed by atoms with Crippen molar-refractivity contribution in [2.45, 2.75) is 26.4 Å². The molecule has 0 unspecified atom stereocenters.